The quantitative estimate of drug-likeness (QED) is 0.933. The first-order chi connectivity index (χ1) is 12.2. The van der Waals surface area contributed by atoms with Crippen molar-refractivity contribution in [2.24, 2.45) is 5.92 Å². The molecule has 130 valence electrons. The lowest BCUT2D eigenvalue weighted by atomic mass is 9.94. The largest absolute Gasteiger partial charge is 0.333 e. The van der Waals surface area contributed by atoms with Crippen LogP contribution in [-0.4, -0.2) is 46.4 Å². The molecule has 5 rings (SSSR count). The third-order valence-electron chi connectivity index (χ3n) is 5.30. The van der Waals surface area contributed by atoms with Gasteiger partial charge in [0.25, 0.3) is 5.91 Å². The van der Waals surface area contributed by atoms with E-state index in [9.17, 15) is 9.59 Å². The molecular formula is C20H23N3O2. The van der Waals surface area contributed by atoms with Gasteiger partial charge in [-0.25, -0.2) is 0 Å². The Morgan fingerprint density at radius 3 is 2.64 bits per heavy atom. The van der Waals surface area contributed by atoms with Crippen molar-refractivity contribution in [3.05, 3.63) is 70.1 Å². The second-order valence-electron chi connectivity index (χ2n) is 7.16. The number of hydrogen-bond donors (Lipinski definition) is 1. The molecule has 0 aliphatic carbocycles. The zero-order chi connectivity index (χ0) is 17.2. The van der Waals surface area contributed by atoms with E-state index in [1.54, 1.807) is 12.1 Å². The number of aromatic nitrogens is 1. The molecule has 1 amide bonds. The van der Waals surface area contributed by atoms with Gasteiger partial charge in [0.2, 0.25) is 5.56 Å². The summed E-state index contributed by atoms with van der Waals surface area (Å²) in [6.07, 6.45) is 2.21. The molecule has 0 radical (unpaired) electrons. The Hall–Kier alpha value is -2.40. The van der Waals surface area contributed by atoms with E-state index in [4.69, 9.17) is 0 Å². The summed E-state index contributed by atoms with van der Waals surface area (Å²) in [7, 11) is 0. The maximum absolute atomic E-state index is 12.9. The van der Waals surface area contributed by atoms with Crippen LogP contribution < -0.4 is 5.56 Å². The minimum Gasteiger partial charge on any atom is -0.333 e. The van der Waals surface area contributed by atoms with Crippen LogP contribution in [-0.2, 0) is 6.54 Å². The number of pyridine rings is 1. The van der Waals surface area contributed by atoms with Crippen LogP contribution in [0.5, 0.6) is 0 Å². The van der Waals surface area contributed by atoms with Gasteiger partial charge in [-0.15, -0.1) is 0 Å². The Labute approximate surface area is 147 Å². The topological polar surface area (TPSA) is 56.4 Å². The van der Waals surface area contributed by atoms with Crippen LogP contribution in [0.1, 0.15) is 28.9 Å². The van der Waals surface area contributed by atoms with Gasteiger partial charge in [0.1, 0.15) is 5.69 Å². The molecule has 3 aliphatic heterocycles. The minimum atomic E-state index is -0.225. The van der Waals surface area contributed by atoms with Gasteiger partial charge in [-0.3, -0.25) is 14.5 Å². The highest BCUT2D eigenvalue weighted by atomic mass is 16.2. The fraction of sp³-hybridized carbons (Fsp3) is 0.400. The molecule has 0 unspecified atom stereocenters. The third-order valence-corrected chi connectivity index (χ3v) is 5.30. The van der Waals surface area contributed by atoms with Gasteiger partial charge in [0, 0.05) is 38.3 Å². The molecular weight excluding hydrogens is 314 g/mol. The Balaban J connectivity index is 1.51. The maximum Gasteiger partial charge on any atom is 0.270 e. The second kappa shape index (κ2) is 6.84. The molecule has 25 heavy (non-hydrogen) atoms. The van der Waals surface area contributed by atoms with Crippen molar-refractivity contribution in [1.82, 2.24) is 14.8 Å². The standard InChI is InChI=1S/C20H23N3O2/c24-19-8-4-7-18(21-19)20(25)23-13-16-9-10-17(23)14-22(12-16)11-15-5-2-1-3-6-15/h1-8,16-17H,9-14H2,(H,21,24)/t16-,17+/m1/s1. The lowest BCUT2D eigenvalue weighted by Gasteiger charge is -2.36. The average molecular weight is 337 g/mol. The van der Waals surface area contributed by atoms with E-state index in [-0.39, 0.29) is 17.5 Å². The molecule has 5 nitrogen and oxygen atoms in total. The number of piperidine rings is 1. The molecule has 3 saturated heterocycles. The van der Waals surface area contributed by atoms with Crippen molar-refractivity contribution in [1.29, 1.82) is 0 Å². The number of carbonyl (C=O) groups excluding carboxylic acids is 1. The highest BCUT2D eigenvalue weighted by Crippen LogP contribution is 2.29. The van der Waals surface area contributed by atoms with Crippen LogP contribution in [0.2, 0.25) is 0 Å². The number of amides is 1. The molecule has 3 aliphatic rings. The zero-order valence-corrected chi connectivity index (χ0v) is 14.2. The number of carbonyl (C=O) groups is 1. The Morgan fingerprint density at radius 2 is 1.84 bits per heavy atom. The van der Waals surface area contributed by atoms with Crippen molar-refractivity contribution >= 4 is 5.91 Å². The molecule has 0 saturated carbocycles. The Morgan fingerprint density at radius 1 is 1.00 bits per heavy atom. The lowest BCUT2D eigenvalue weighted by molar-refractivity contribution is 0.0578. The molecule has 1 aromatic heterocycles. The van der Waals surface area contributed by atoms with Crippen molar-refractivity contribution in [3.63, 3.8) is 0 Å². The molecule has 2 atom stereocenters. The molecule has 4 heterocycles. The van der Waals surface area contributed by atoms with Crippen molar-refractivity contribution in [3.8, 4) is 0 Å². The molecule has 5 heteroatoms. The van der Waals surface area contributed by atoms with E-state index in [1.165, 1.54) is 18.1 Å². The van der Waals surface area contributed by atoms with Gasteiger partial charge in [-0.05, 0) is 30.4 Å². The van der Waals surface area contributed by atoms with E-state index >= 15 is 0 Å². The minimum absolute atomic E-state index is 0.0473. The first-order valence-electron chi connectivity index (χ1n) is 8.95. The fourth-order valence-electron chi connectivity index (χ4n) is 4.13. The van der Waals surface area contributed by atoms with Crippen molar-refractivity contribution in [2.75, 3.05) is 19.6 Å². The Kier molecular flexibility index (Phi) is 4.40. The number of nitrogens with zero attached hydrogens (tertiary/aromatic N) is 2. The SMILES string of the molecule is O=C(c1cccc(=O)[nH]1)N1C[C@@H]2CC[C@H]1CN(Cc1ccccc1)C2. The number of fused-ring (bicyclic) bond motifs is 4. The lowest BCUT2D eigenvalue weighted by Crippen LogP contribution is -2.47. The number of H-pyrrole nitrogens is 1. The first kappa shape index (κ1) is 16.1. The zero-order valence-electron chi connectivity index (χ0n) is 14.2. The van der Waals surface area contributed by atoms with Crippen LogP contribution in [0, 0.1) is 5.92 Å². The van der Waals surface area contributed by atoms with Crippen molar-refractivity contribution < 1.29 is 4.79 Å². The molecule has 2 aromatic rings. The number of aromatic amines is 1. The van der Waals surface area contributed by atoms with Gasteiger partial charge in [-0.2, -0.15) is 0 Å². The van der Waals surface area contributed by atoms with Crippen LogP contribution in [0.15, 0.2) is 53.3 Å². The highest BCUT2D eigenvalue weighted by molar-refractivity contribution is 5.92. The van der Waals surface area contributed by atoms with Crippen LogP contribution in [0.25, 0.3) is 0 Å². The maximum atomic E-state index is 12.9. The van der Waals surface area contributed by atoms with Crippen LogP contribution in [0.4, 0.5) is 0 Å². The van der Waals surface area contributed by atoms with E-state index in [0.717, 1.165) is 32.6 Å². The van der Waals surface area contributed by atoms with Gasteiger partial charge < -0.3 is 9.88 Å². The van der Waals surface area contributed by atoms with Gasteiger partial charge >= 0.3 is 0 Å². The molecule has 0 spiro atoms. The van der Waals surface area contributed by atoms with Crippen LogP contribution >= 0.6 is 0 Å². The summed E-state index contributed by atoms with van der Waals surface area (Å²) < 4.78 is 0. The summed E-state index contributed by atoms with van der Waals surface area (Å²) in [4.78, 5) is 31.5. The van der Waals surface area contributed by atoms with E-state index < -0.39 is 0 Å². The fourth-order valence-corrected chi connectivity index (χ4v) is 4.13. The highest BCUT2D eigenvalue weighted by Gasteiger charge is 2.37. The monoisotopic (exact) mass is 337 g/mol. The predicted molar refractivity (Wildman–Crippen MR) is 96.3 cm³/mol. The first-order valence-corrected chi connectivity index (χ1v) is 8.95. The average Bonchev–Trinajstić information content (AvgIpc) is 2.92. The number of rotatable bonds is 3. The summed E-state index contributed by atoms with van der Waals surface area (Å²) in [6, 6.07) is 15.5. The third kappa shape index (κ3) is 3.51. The number of benzene rings is 1. The second-order valence-corrected chi connectivity index (χ2v) is 7.16. The summed E-state index contributed by atoms with van der Waals surface area (Å²) in [6.45, 7) is 3.64. The molecule has 3 fully saturated rings. The molecule has 1 aromatic carbocycles. The Bertz CT molecular complexity index is 802. The van der Waals surface area contributed by atoms with E-state index in [0.29, 0.717) is 11.6 Å². The molecule has 1 N–H and O–H groups in total. The predicted octanol–water partition coefficient (Wildman–Crippen LogP) is 2.11. The van der Waals surface area contributed by atoms with Gasteiger partial charge in [-0.1, -0.05) is 36.4 Å². The summed E-state index contributed by atoms with van der Waals surface area (Å²) >= 11 is 0. The van der Waals surface area contributed by atoms with E-state index in [1.807, 2.05) is 11.0 Å². The summed E-state index contributed by atoms with van der Waals surface area (Å²) in [5.41, 5.74) is 1.49. The van der Waals surface area contributed by atoms with Crippen molar-refractivity contribution in [2.45, 2.75) is 25.4 Å². The number of hydrogen-bond acceptors (Lipinski definition) is 3. The van der Waals surface area contributed by atoms with Gasteiger partial charge in [0.05, 0.1) is 0 Å². The van der Waals surface area contributed by atoms with E-state index in [2.05, 4.69) is 34.1 Å². The van der Waals surface area contributed by atoms with Gasteiger partial charge in [0.15, 0.2) is 0 Å². The smallest absolute Gasteiger partial charge is 0.270 e. The normalized spacial score (nSPS) is 23.4. The molecule has 2 bridgehead atoms. The van der Waals surface area contributed by atoms with Crippen LogP contribution in [0.3, 0.4) is 0 Å². The summed E-state index contributed by atoms with van der Waals surface area (Å²) in [5, 5.41) is 0. The summed E-state index contributed by atoms with van der Waals surface area (Å²) in [5.74, 6) is 0.454. The number of nitrogens with one attached hydrogen (secondary N) is 1.